The number of rotatable bonds is 4. The van der Waals surface area contributed by atoms with Crippen LogP contribution in [0.1, 0.15) is 29.7 Å². The molecular weight excluding hydrogens is 286 g/mol. The summed E-state index contributed by atoms with van der Waals surface area (Å²) in [5.74, 6) is 0. The van der Waals surface area contributed by atoms with Gasteiger partial charge in [-0.05, 0) is 31.0 Å². The Bertz CT molecular complexity index is 522. The Balaban J connectivity index is 2.00. The van der Waals surface area contributed by atoms with E-state index in [1.165, 1.54) is 16.7 Å². The second-order valence-corrected chi connectivity index (χ2v) is 5.47. The molecule has 0 aromatic heterocycles. The van der Waals surface area contributed by atoms with Gasteiger partial charge in [-0.1, -0.05) is 64.0 Å². The van der Waals surface area contributed by atoms with Crippen molar-refractivity contribution in [2.45, 2.75) is 26.4 Å². The number of nitrogens with one attached hydrogen (secondary N) is 1. The van der Waals surface area contributed by atoms with Crippen molar-refractivity contribution < 1.29 is 0 Å². The lowest BCUT2D eigenvalue weighted by Gasteiger charge is -2.16. The van der Waals surface area contributed by atoms with E-state index < -0.39 is 0 Å². The van der Waals surface area contributed by atoms with Gasteiger partial charge in [-0.15, -0.1) is 0 Å². The van der Waals surface area contributed by atoms with E-state index in [-0.39, 0.29) is 0 Å². The second-order valence-electron chi connectivity index (χ2n) is 4.61. The first-order valence-electron chi connectivity index (χ1n) is 6.20. The molecule has 1 atom stereocenters. The molecule has 2 rings (SSSR count). The minimum Gasteiger partial charge on any atom is -0.306 e. The van der Waals surface area contributed by atoms with Crippen molar-refractivity contribution in [2.24, 2.45) is 0 Å². The summed E-state index contributed by atoms with van der Waals surface area (Å²) < 4.78 is 1.16. The van der Waals surface area contributed by atoms with E-state index in [4.69, 9.17) is 0 Å². The summed E-state index contributed by atoms with van der Waals surface area (Å²) in [7, 11) is 0. The zero-order valence-corrected chi connectivity index (χ0v) is 12.4. The Morgan fingerprint density at radius 2 is 1.89 bits per heavy atom. The Labute approximate surface area is 117 Å². The van der Waals surface area contributed by atoms with Crippen LogP contribution in [0.3, 0.4) is 0 Å². The van der Waals surface area contributed by atoms with Gasteiger partial charge in [-0.2, -0.15) is 0 Å². The van der Waals surface area contributed by atoms with Crippen molar-refractivity contribution in [3.63, 3.8) is 0 Å². The van der Waals surface area contributed by atoms with Gasteiger partial charge in [0.05, 0.1) is 0 Å². The molecule has 0 aliphatic heterocycles. The van der Waals surface area contributed by atoms with Crippen LogP contribution in [0.15, 0.2) is 53.0 Å². The van der Waals surface area contributed by atoms with Gasteiger partial charge in [0.15, 0.2) is 0 Å². The zero-order valence-electron chi connectivity index (χ0n) is 10.8. The number of halogens is 1. The molecule has 0 aliphatic carbocycles. The van der Waals surface area contributed by atoms with Crippen LogP contribution < -0.4 is 5.32 Å². The first-order chi connectivity index (χ1) is 8.66. The quantitative estimate of drug-likeness (QED) is 0.870. The summed E-state index contributed by atoms with van der Waals surface area (Å²) in [6.45, 7) is 5.21. The number of benzene rings is 2. The molecule has 2 aromatic carbocycles. The molecule has 0 aliphatic rings. The van der Waals surface area contributed by atoms with Gasteiger partial charge in [0, 0.05) is 17.1 Å². The van der Waals surface area contributed by atoms with Crippen LogP contribution in [0.25, 0.3) is 0 Å². The van der Waals surface area contributed by atoms with Gasteiger partial charge in [0.25, 0.3) is 0 Å². The molecular formula is C16H18BrN. The Kier molecular flexibility index (Phi) is 4.56. The van der Waals surface area contributed by atoms with Crippen LogP contribution in [-0.2, 0) is 6.54 Å². The summed E-state index contributed by atoms with van der Waals surface area (Å²) in [6, 6.07) is 17.3. The van der Waals surface area contributed by atoms with Crippen LogP contribution >= 0.6 is 15.9 Å². The van der Waals surface area contributed by atoms with Crippen molar-refractivity contribution >= 4 is 15.9 Å². The van der Waals surface area contributed by atoms with Gasteiger partial charge < -0.3 is 5.32 Å². The van der Waals surface area contributed by atoms with Gasteiger partial charge in [-0.25, -0.2) is 0 Å². The van der Waals surface area contributed by atoms with E-state index in [9.17, 15) is 0 Å². The third-order valence-electron chi connectivity index (χ3n) is 3.07. The first kappa shape index (κ1) is 13.3. The lowest BCUT2D eigenvalue weighted by molar-refractivity contribution is 0.572. The molecule has 0 radical (unpaired) electrons. The smallest absolute Gasteiger partial charge is 0.0306 e. The molecule has 1 nitrogen and oxygen atoms in total. The fourth-order valence-electron chi connectivity index (χ4n) is 2.03. The van der Waals surface area contributed by atoms with Crippen molar-refractivity contribution in [1.82, 2.24) is 5.32 Å². The van der Waals surface area contributed by atoms with E-state index in [1.807, 2.05) is 6.07 Å². The molecule has 0 saturated heterocycles. The van der Waals surface area contributed by atoms with E-state index in [1.54, 1.807) is 0 Å². The predicted octanol–water partition coefficient (Wildman–Crippen LogP) is 4.61. The normalized spacial score (nSPS) is 12.4. The van der Waals surface area contributed by atoms with Crippen LogP contribution in [0, 0.1) is 6.92 Å². The maximum atomic E-state index is 3.59. The zero-order chi connectivity index (χ0) is 13.0. The number of hydrogen-bond acceptors (Lipinski definition) is 1. The summed E-state index contributed by atoms with van der Waals surface area (Å²) in [5, 5.41) is 3.55. The second kappa shape index (κ2) is 6.17. The summed E-state index contributed by atoms with van der Waals surface area (Å²) in [5.41, 5.74) is 3.93. The Morgan fingerprint density at radius 1 is 1.11 bits per heavy atom. The summed E-state index contributed by atoms with van der Waals surface area (Å²) >= 11 is 3.59. The van der Waals surface area contributed by atoms with Crippen LogP contribution in [0.4, 0.5) is 0 Å². The highest BCUT2D eigenvalue weighted by molar-refractivity contribution is 9.10. The van der Waals surface area contributed by atoms with Gasteiger partial charge >= 0.3 is 0 Å². The molecule has 0 bridgehead atoms. The molecule has 18 heavy (non-hydrogen) atoms. The average Bonchev–Trinajstić information content (AvgIpc) is 2.37. The largest absolute Gasteiger partial charge is 0.306 e. The highest BCUT2D eigenvalue weighted by Crippen LogP contribution is 2.22. The molecule has 0 saturated carbocycles. The lowest BCUT2D eigenvalue weighted by atomic mass is 10.1. The van der Waals surface area contributed by atoms with E-state index in [0.717, 1.165) is 11.0 Å². The average molecular weight is 304 g/mol. The van der Waals surface area contributed by atoms with Crippen molar-refractivity contribution in [3.05, 3.63) is 69.7 Å². The van der Waals surface area contributed by atoms with E-state index >= 15 is 0 Å². The summed E-state index contributed by atoms with van der Waals surface area (Å²) in [4.78, 5) is 0. The van der Waals surface area contributed by atoms with Gasteiger partial charge in [-0.3, -0.25) is 0 Å². The van der Waals surface area contributed by atoms with E-state index in [0.29, 0.717) is 6.04 Å². The topological polar surface area (TPSA) is 12.0 Å². The number of hydrogen-bond donors (Lipinski definition) is 1. The van der Waals surface area contributed by atoms with Crippen molar-refractivity contribution in [2.75, 3.05) is 0 Å². The highest BCUT2D eigenvalue weighted by Gasteiger charge is 2.07. The Morgan fingerprint density at radius 3 is 2.61 bits per heavy atom. The third-order valence-corrected chi connectivity index (χ3v) is 3.79. The minimum atomic E-state index is 0.334. The van der Waals surface area contributed by atoms with E-state index in [2.05, 4.69) is 77.6 Å². The monoisotopic (exact) mass is 303 g/mol. The van der Waals surface area contributed by atoms with Gasteiger partial charge in [0.2, 0.25) is 0 Å². The molecule has 2 heteroatoms. The molecule has 0 spiro atoms. The lowest BCUT2D eigenvalue weighted by Crippen LogP contribution is -2.18. The SMILES string of the molecule is Cc1cccc(CN[C@H](C)c2ccccc2Br)c1. The highest BCUT2D eigenvalue weighted by atomic mass is 79.9. The maximum absolute atomic E-state index is 3.59. The molecule has 0 unspecified atom stereocenters. The molecule has 2 aromatic rings. The fourth-order valence-corrected chi connectivity index (χ4v) is 2.66. The minimum absolute atomic E-state index is 0.334. The van der Waals surface area contributed by atoms with Crippen LogP contribution in [0.5, 0.6) is 0 Å². The molecule has 1 N–H and O–H groups in total. The predicted molar refractivity (Wildman–Crippen MR) is 80.6 cm³/mol. The Hall–Kier alpha value is -1.12. The van der Waals surface area contributed by atoms with Crippen LogP contribution in [-0.4, -0.2) is 0 Å². The number of aryl methyl sites for hydroxylation is 1. The summed E-state index contributed by atoms with van der Waals surface area (Å²) in [6.07, 6.45) is 0. The van der Waals surface area contributed by atoms with Gasteiger partial charge in [0.1, 0.15) is 0 Å². The maximum Gasteiger partial charge on any atom is 0.0306 e. The van der Waals surface area contributed by atoms with Crippen LogP contribution in [0.2, 0.25) is 0 Å². The first-order valence-corrected chi connectivity index (χ1v) is 6.99. The third kappa shape index (κ3) is 3.44. The standard InChI is InChI=1S/C16H18BrN/c1-12-6-5-7-14(10-12)11-18-13(2)15-8-3-4-9-16(15)17/h3-10,13,18H,11H2,1-2H3/t13-/m1/s1. The van der Waals surface area contributed by atoms with Crippen molar-refractivity contribution in [1.29, 1.82) is 0 Å². The molecule has 94 valence electrons. The van der Waals surface area contributed by atoms with Crippen molar-refractivity contribution in [3.8, 4) is 0 Å². The molecule has 0 heterocycles. The molecule has 0 fully saturated rings. The fraction of sp³-hybridized carbons (Fsp3) is 0.250. The molecule has 0 amide bonds.